The van der Waals surface area contributed by atoms with Gasteiger partial charge in [0.15, 0.2) is 0 Å². The molecule has 1 aliphatic rings. The van der Waals surface area contributed by atoms with Gasteiger partial charge in [-0.05, 0) is 42.9 Å². The second kappa shape index (κ2) is 7.66. The summed E-state index contributed by atoms with van der Waals surface area (Å²) >= 11 is 0. The van der Waals surface area contributed by atoms with Gasteiger partial charge in [-0.1, -0.05) is 30.4 Å². The quantitative estimate of drug-likeness (QED) is 0.285. The Kier molecular flexibility index (Phi) is 5.60. The molecule has 2 rings (SSSR count). The van der Waals surface area contributed by atoms with Crippen LogP contribution in [0, 0.1) is 0 Å². The molecule has 0 aliphatic heterocycles. The molecule has 5 heteroatoms. The Labute approximate surface area is 140 Å². The van der Waals surface area contributed by atoms with Crippen molar-refractivity contribution < 1.29 is 24.5 Å². The van der Waals surface area contributed by atoms with E-state index in [0.29, 0.717) is 11.3 Å². The molecule has 0 heterocycles. The van der Waals surface area contributed by atoms with E-state index in [1.54, 1.807) is 43.3 Å². The molecule has 0 radical (unpaired) electrons. The lowest BCUT2D eigenvalue weighted by Gasteiger charge is -2.26. The van der Waals surface area contributed by atoms with Gasteiger partial charge in [0, 0.05) is 6.42 Å². The zero-order valence-electron chi connectivity index (χ0n) is 13.6. The summed E-state index contributed by atoms with van der Waals surface area (Å²) in [6, 6.07) is 8.65. The average molecular weight is 328 g/mol. The highest BCUT2D eigenvalue weighted by Gasteiger charge is 2.30. The summed E-state index contributed by atoms with van der Waals surface area (Å²) in [5.74, 6) is -0.442. The third-order valence-corrected chi connectivity index (χ3v) is 3.51. The molecule has 0 bridgehead atoms. The second-order valence-electron chi connectivity index (χ2n) is 5.28. The maximum absolute atomic E-state index is 12.1. The molecule has 126 valence electrons. The van der Waals surface area contributed by atoms with Crippen molar-refractivity contribution in [2.24, 2.45) is 0 Å². The predicted octanol–water partition coefficient (Wildman–Crippen LogP) is 3.20. The van der Waals surface area contributed by atoms with Crippen LogP contribution in [-0.2, 0) is 9.53 Å². The number of hydrogen-bond donors (Lipinski definition) is 2. The van der Waals surface area contributed by atoms with Gasteiger partial charge in [-0.25, -0.2) is 4.79 Å². The molecule has 0 saturated heterocycles. The summed E-state index contributed by atoms with van der Waals surface area (Å²) in [6.45, 7) is 1.76. The number of ether oxygens (including phenoxy) is 2. The third-order valence-electron chi connectivity index (χ3n) is 3.51. The predicted molar refractivity (Wildman–Crippen MR) is 90.3 cm³/mol. The van der Waals surface area contributed by atoms with Crippen molar-refractivity contribution in [1.82, 2.24) is 0 Å². The number of aliphatic hydroxyl groups is 2. The van der Waals surface area contributed by atoms with E-state index in [9.17, 15) is 15.0 Å². The van der Waals surface area contributed by atoms with Crippen LogP contribution in [0.1, 0.15) is 13.3 Å². The Balaban J connectivity index is 2.16. The van der Waals surface area contributed by atoms with Crippen LogP contribution in [-0.4, -0.2) is 28.9 Å². The first-order valence-corrected chi connectivity index (χ1v) is 7.49. The van der Waals surface area contributed by atoms with Crippen LogP contribution in [0.15, 0.2) is 77.8 Å². The normalized spacial score (nSPS) is 21.2. The molecule has 0 saturated carbocycles. The number of allylic oxidation sites excluding steroid dienone is 4. The molecule has 24 heavy (non-hydrogen) atoms. The van der Waals surface area contributed by atoms with Crippen molar-refractivity contribution in [1.29, 1.82) is 0 Å². The number of carbonyl (C=O) groups excluding carboxylic acids is 1. The fourth-order valence-corrected chi connectivity index (χ4v) is 2.25. The van der Waals surface area contributed by atoms with E-state index in [1.165, 1.54) is 25.3 Å². The number of esters is 1. The number of para-hydroxylation sites is 1. The Hall–Kier alpha value is -2.79. The first kappa shape index (κ1) is 17.6. The molecule has 0 amide bonds. The summed E-state index contributed by atoms with van der Waals surface area (Å²) in [5, 5.41) is 20.3. The largest absolute Gasteiger partial charge is 0.509 e. The summed E-state index contributed by atoms with van der Waals surface area (Å²) < 4.78 is 10.3. The van der Waals surface area contributed by atoms with Crippen LogP contribution in [0.3, 0.4) is 0 Å². The monoisotopic (exact) mass is 328 g/mol. The molecule has 1 aliphatic carbocycles. The van der Waals surface area contributed by atoms with Gasteiger partial charge in [-0.2, -0.15) is 0 Å². The standard InChI is InChI=1S/C19H20O5/c1-3-10-19(22)11-9-14(13-17(19)20)12-16(23-2)18(21)24-15-7-5-4-6-8-15/h3-10,12-13,20,22H,11H2,1-2H3/b10-3+,16-12+. The first-order chi connectivity index (χ1) is 11.5. The smallest absolute Gasteiger partial charge is 0.378 e. The van der Waals surface area contributed by atoms with E-state index in [2.05, 4.69) is 0 Å². The van der Waals surface area contributed by atoms with Gasteiger partial charge in [-0.3, -0.25) is 0 Å². The van der Waals surface area contributed by atoms with Crippen LogP contribution in [0.5, 0.6) is 5.75 Å². The molecule has 1 aromatic rings. The lowest BCUT2D eigenvalue weighted by molar-refractivity contribution is -0.133. The van der Waals surface area contributed by atoms with Gasteiger partial charge >= 0.3 is 5.97 Å². The van der Waals surface area contributed by atoms with Crippen LogP contribution >= 0.6 is 0 Å². The third kappa shape index (κ3) is 4.14. The van der Waals surface area contributed by atoms with Gasteiger partial charge < -0.3 is 19.7 Å². The van der Waals surface area contributed by atoms with Crippen LogP contribution in [0.25, 0.3) is 0 Å². The first-order valence-electron chi connectivity index (χ1n) is 7.49. The van der Waals surface area contributed by atoms with E-state index in [0.717, 1.165) is 0 Å². The minimum Gasteiger partial charge on any atom is -0.509 e. The highest BCUT2D eigenvalue weighted by Crippen LogP contribution is 2.29. The van der Waals surface area contributed by atoms with Crippen LogP contribution < -0.4 is 4.74 Å². The SMILES string of the molecule is C/C=C/C1(O)CC=C(/C=C(/OC)C(=O)Oc2ccccc2)C=C1O. The molecule has 1 unspecified atom stereocenters. The summed E-state index contributed by atoms with van der Waals surface area (Å²) in [6.07, 6.45) is 7.91. The fourth-order valence-electron chi connectivity index (χ4n) is 2.25. The molecule has 2 N–H and O–H groups in total. The van der Waals surface area contributed by atoms with Crippen molar-refractivity contribution in [2.45, 2.75) is 18.9 Å². The minimum atomic E-state index is -1.41. The van der Waals surface area contributed by atoms with Crippen molar-refractivity contribution >= 4 is 5.97 Å². The van der Waals surface area contributed by atoms with Gasteiger partial charge in [0.05, 0.1) is 7.11 Å². The number of benzene rings is 1. The highest BCUT2D eigenvalue weighted by atomic mass is 16.6. The average Bonchev–Trinajstić information content (AvgIpc) is 2.57. The molecule has 1 atom stereocenters. The summed E-state index contributed by atoms with van der Waals surface area (Å²) in [7, 11) is 1.36. The number of hydrogen-bond acceptors (Lipinski definition) is 5. The van der Waals surface area contributed by atoms with E-state index in [1.807, 2.05) is 6.07 Å². The Bertz CT molecular complexity index is 713. The van der Waals surface area contributed by atoms with Crippen molar-refractivity contribution in [3.8, 4) is 5.75 Å². The van der Waals surface area contributed by atoms with Gasteiger partial charge in [0.2, 0.25) is 5.76 Å². The number of rotatable bonds is 5. The summed E-state index contributed by atoms with van der Waals surface area (Å²) in [5.41, 5.74) is -0.868. The molecular formula is C19H20O5. The van der Waals surface area contributed by atoms with Gasteiger partial charge in [0.25, 0.3) is 0 Å². The maximum atomic E-state index is 12.1. The van der Waals surface area contributed by atoms with Crippen LogP contribution in [0.2, 0.25) is 0 Å². The topological polar surface area (TPSA) is 76.0 Å². The summed E-state index contributed by atoms with van der Waals surface area (Å²) in [4.78, 5) is 12.1. The van der Waals surface area contributed by atoms with E-state index >= 15 is 0 Å². The lowest BCUT2D eigenvalue weighted by atomic mass is 9.89. The number of carbonyl (C=O) groups is 1. The molecule has 0 aromatic heterocycles. The molecule has 0 fully saturated rings. The van der Waals surface area contributed by atoms with Gasteiger partial charge in [-0.15, -0.1) is 0 Å². The maximum Gasteiger partial charge on any atom is 0.378 e. The number of aliphatic hydroxyl groups excluding tert-OH is 1. The zero-order chi connectivity index (χ0) is 17.6. The Morgan fingerprint density at radius 3 is 2.58 bits per heavy atom. The van der Waals surface area contributed by atoms with E-state index < -0.39 is 11.6 Å². The number of methoxy groups -OCH3 is 1. The van der Waals surface area contributed by atoms with E-state index in [-0.39, 0.29) is 17.9 Å². The van der Waals surface area contributed by atoms with Crippen molar-refractivity contribution in [2.75, 3.05) is 7.11 Å². The minimum absolute atomic E-state index is 0.00868. The zero-order valence-corrected chi connectivity index (χ0v) is 13.6. The van der Waals surface area contributed by atoms with Crippen molar-refractivity contribution in [3.63, 3.8) is 0 Å². The van der Waals surface area contributed by atoms with Crippen LogP contribution in [0.4, 0.5) is 0 Å². The molecule has 0 spiro atoms. The highest BCUT2D eigenvalue weighted by molar-refractivity contribution is 5.88. The Morgan fingerprint density at radius 2 is 2.00 bits per heavy atom. The molecule has 1 aromatic carbocycles. The van der Waals surface area contributed by atoms with Gasteiger partial charge in [0.1, 0.15) is 17.1 Å². The second-order valence-corrected chi connectivity index (χ2v) is 5.28. The molecule has 5 nitrogen and oxygen atoms in total. The molecular weight excluding hydrogens is 308 g/mol. The fraction of sp³-hybridized carbons (Fsp3) is 0.211. The van der Waals surface area contributed by atoms with E-state index in [4.69, 9.17) is 9.47 Å². The Morgan fingerprint density at radius 1 is 1.29 bits per heavy atom. The van der Waals surface area contributed by atoms with Crippen molar-refractivity contribution in [3.05, 3.63) is 77.8 Å². The lowest BCUT2D eigenvalue weighted by Crippen LogP contribution is -2.30.